The first kappa shape index (κ1) is 13.4. The molecule has 2 amide bonds. The molecule has 1 N–H and O–H groups in total. The Morgan fingerprint density at radius 3 is 2.20 bits per heavy atom. The number of hydrogen-bond donors (Lipinski definition) is 1. The molecule has 0 aromatic heterocycles. The maximum Gasteiger partial charge on any atom is 0.244 e. The summed E-state index contributed by atoms with van der Waals surface area (Å²) in [6.45, 7) is 4.61. The lowest BCUT2D eigenvalue weighted by Crippen LogP contribution is -2.48. The smallest absolute Gasteiger partial charge is 0.244 e. The first-order valence-electron chi connectivity index (χ1n) is 4.65. The van der Waals surface area contributed by atoms with Crippen LogP contribution in [0.1, 0.15) is 20.8 Å². The van der Waals surface area contributed by atoms with Crippen LogP contribution in [0.2, 0.25) is 0 Å². The predicted molar refractivity (Wildman–Crippen MR) is 55.7 cm³/mol. The Morgan fingerprint density at radius 2 is 1.87 bits per heavy atom. The molecule has 0 aliphatic heterocycles. The lowest BCUT2D eigenvalue weighted by molar-refractivity contribution is -0.135. The van der Waals surface area contributed by atoms with Crippen molar-refractivity contribution in [3.63, 3.8) is 0 Å². The van der Waals surface area contributed by atoms with Crippen LogP contribution in [0.4, 0.5) is 0 Å². The second kappa shape index (κ2) is 4.78. The van der Waals surface area contributed by atoms with Crippen LogP contribution >= 0.6 is 0 Å². The van der Waals surface area contributed by atoms with Crippen LogP contribution in [0.3, 0.4) is 0 Å². The van der Waals surface area contributed by atoms with Gasteiger partial charge in [0.25, 0.3) is 0 Å². The van der Waals surface area contributed by atoms with Gasteiger partial charge in [-0.05, 0) is 20.8 Å². The zero-order valence-electron chi connectivity index (χ0n) is 9.79. The van der Waals surface area contributed by atoms with E-state index in [1.54, 1.807) is 21.0 Å². The Bertz CT molecular complexity index is 302. The summed E-state index contributed by atoms with van der Waals surface area (Å²) in [4.78, 5) is 24.3. The van der Waals surface area contributed by atoms with Crippen LogP contribution in [0.5, 0.6) is 0 Å². The second-order valence-electron chi connectivity index (χ2n) is 4.16. The molecule has 0 bridgehead atoms. The molecular formula is C10H17N3O2. The summed E-state index contributed by atoms with van der Waals surface area (Å²) in [6.07, 6.45) is 0. The molecule has 5 heteroatoms. The largest absolute Gasteiger partial charge is 0.347 e. The number of nitriles is 1. The molecule has 0 aromatic carbocycles. The molecule has 0 aliphatic rings. The third-order valence-corrected chi connectivity index (χ3v) is 2.01. The molecule has 0 spiro atoms. The van der Waals surface area contributed by atoms with Gasteiger partial charge in [0.2, 0.25) is 11.8 Å². The van der Waals surface area contributed by atoms with Crippen LogP contribution in [-0.4, -0.2) is 36.9 Å². The van der Waals surface area contributed by atoms with Gasteiger partial charge in [-0.1, -0.05) is 0 Å². The molecule has 5 nitrogen and oxygen atoms in total. The summed E-state index contributed by atoms with van der Waals surface area (Å²) >= 11 is 0. The van der Waals surface area contributed by atoms with Gasteiger partial charge in [-0.25, -0.2) is 0 Å². The standard InChI is InChI=1S/C10H17N3O2/c1-7(8(14)13(4)5)12-9(15)10(2,3)6-11/h7H,1-5H3,(H,12,15). The number of carbonyl (C=O) groups is 2. The first-order valence-corrected chi connectivity index (χ1v) is 4.65. The third kappa shape index (κ3) is 3.58. The first-order chi connectivity index (χ1) is 6.72. The van der Waals surface area contributed by atoms with Gasteiger partial charge in [0, 0.05) is 14.1 Å². The minimum atomic E-state index is -1.11. The molecular weight excluding hydrogens is 194 g/mol. The Hall–Kier alpha value is -1.57. The van der Waals surface area contributed by atoms with Crippen molar-refractivity contribution in [1.82, 2.24) is 10.2 Å². The zero-order chi connectivity index (χ0) is 12.2. The highest BCUT2D eigenvalue weighted by Gasteiger charge is 2.29. The van der Waals surface area contributed by atoms with E-state index < -0.39 is 17.4 Å². The van der Waals surface area contributed by atoms with Crippen molar-refractivity contribution in [1.29, 1.82) is 5.26 Å². The molecule has 84 valence electrons. The Balaban J connectivity index is 4.46. The fourth-order valence-corrected chi connectivity index (χ4v) is 0.877. The number of carbonyl (C=O) groups excluding carboxylic acids is 2. The maximum atomic E-state index is 11.5. The van der Waals surface area contributed by atoms with E-state index in [4.69, 9.17) is 5.26 Å². The lowest BCUT2D eigenvalue weighted by Gasteiger charge is -2.21. The van der Waals surface area contributed by atoms with Crippen molar-refractivity contribution >= 4 is 11.8 Å². The van der Waals surface area contributed by atoms with Gasteiger partial charge in [-0.3, -0.25) is 9.59 Å². The summed E-state index contributed by atoms with van der Waals surface area (Å²) in [5, 5.41) is 11.2. The summed E-state index contributed by atoms with van der Waals surface area (Å²) in [5.41, 5.74) is -1.11. The topological polar surface area (TPSA) is 73.2 Å². The highest BCUT2D eigenvalue weighted by atomic mass is 16.2. The Kier molecular flexibility index (Phi) is 4.28. The number of amides is 2. The van der Waals surface area contributed by atoms with E-state index in [-0.39, 0.29) is 5.91 Å². The van der Waals surface area contributed by atoms with Crippen LogP contribution in [-0.2, 0) is 9.59 Å². The molecule has 0 radical (unpaired) electrons. The van der Waals surface area contributed by atoms with Gasteiger partial charge in [0.15, 0.2) is 0 Å². The average Bonchev–Trinajstić information content (AvgIpc) is 2.16. The number of nitrogens with one attached hydrogen (secondary N) is 1. The maximum absolute atomic E-state index is 11.5. The number of hydrogen-bond acceptors (Lipinski definition) is 3. The quantitative estimate of drug-likeness (QED) is 0.721. The van der Waals surface area contributed by atoms with E-state index in [9.17, 15) is 9.59 Å². The minimum absolute atomic E-state index is 0.197. The van der Waals surface area contributed by atoms with Crippen molar-refractivity contribution in [2.45, 2.75) is 26.8 Å². The number of likely N-dealkylation sites (N-methyl/N-ethyl adjacent to an activating group) is 1. The molecule has 15 heavy (non-hydrogen) atoms. The summed E-state index contributed by atoms with van der Waals surface area (Å²) < 4.78 is 0. The highest BCUT2D eigenvalue weighted by molar-refractivity contribution is 5.90. The fraction of sp³-hybridized carbons (Fsp3) is 0.700. The van der Waals surface area contributed by atoms with E-state index in [0.29, 0.717) is 0 Å². The summed E-state index contributed by atoms with van der Waals surface area (Å²) in [5.74, 6) is -0.634. The summed E-state index contributed by atoms with van der Waals surface area (Å²) in [6, 6.07) is 1.27. The molecule has 0 fully saturated rings. The van der Waals surface area contributed by atoms with E-state index in [0.717, 1.165) is 0 Å². The number of nitrogens with zero attached hydrogens (tertiary/aromatic N) is 2. The van der Waals surface area contributed by atoms with Gasteiger partial charge >= 0.3 is 0 Å². The second-order valence-corrected chi connectivity index (χ2v) is 4.16. The predicted octanol–water partition coefficient (Wildman–Crippen LogP) is 0.129. The fourth-order valence-electron chi connectivity index (χ4n) is 0.877. The van der Waals surface area contributed by atoms with Gasteiger partial charge < -0.3 is 10.2 Å². The normalized spacial score (nSPS) is 12.5. The van der Waals surface area contributed by atoms with Gasteiger partial charge in [0.1, 0.15) is 11.5 Å². The van der Waals surface area contributed by atoms with Crippen molar-refractivity contribution in [2.75, 3.05) is 14.1 Å². The van der Waals surface area contributed by atoms with E-state index in [1.807, 2.05) is 6.07 Å². The SMILES string of the molecule is CC(NC(=O)C(C)(C)C#N)C(=O)N(C)C. The Morgan fingerprint density at radius 1 is 1.40 bits per heavy atom. The van der Waals surface area contributed by atoms with Crippen molar-refractivity contribution in [2.24, 2.45) is 5.41 Å². The number of rotatable bonds is 3. The van der Waals surface area contributed by atoms with E-state index >= 15 is 0 Å². The van der Waals surface area contributed by atoms with Crippen LogP contribution in [0.25, 0.3) is 0 Å². The molecule has 0 saturated carbocycles. The van der Waals surface area contributed by atoms with Crippen molar-refractivity contribution < 1.29 is 9.59 Å². The Labute approximate surface area is 90.0 Å². The zero-order valence-corrected chi connectivity index (χ0v) is 9.79. The average molecular weight is 211 g/mol. The summed E-state index contributed by atoms with van der Waals surface area (Å²) in [7, 11) is 3.22. The van der Waals surface area contributed by atoms with Crippen LogP contribution in [0.15, 0.2) is 0 Å². The lowest BCUT2D eigenvalue weighted by atomic mass is 9.94. The van der Waals surface area contributed by atoms with Crippen LogP contribution in [0, 0.1) is 16.7 Å². The van der Waals surface area contributed by atoms with Crippen LogP contribution < -0.4 is 5.32 Å². The van der Waals surface area contributed by atoms with E-state index in [2.05, 4.69) is 5.32 Å². The van der Waals surface area contributed by atoms with Gasteiger partial charge in [-0.2, -0.15) is 5.26 Å². The highest BCUT2D eigenvalue weighted by Crippen LogP contribution is 2.13. The molecule has 0 aliphatic carbocycles. The van der Waals surface area contributed by atoms with E-state index in [1.165, 1.54) is 18.7 Å². The van der Waals surface area contributed by atoms with Gasteiger partial charge in [0.05, 0.1) is 6.07 Å². The molecule has 0 heterocycles. The van der Waals surface area contributed by atoms with Crippen molar-refractivity contribution in [3.05, 3.63) is 0 Å². The molecule has 0 rings (SSSR count). The van der Waals surface area contributed by atoms with Gasteiger partial charge in [-0.15, -0.1) is 0 Å². The minimum Gasteiger partial charge on any atom is -0.347 e. The molecule has 0 saturated heterocycles. The molecule has 0 aromatic rings. The molecule has 1 unspecified atom stereocenters. The third-order valence-electron chi connectivity index (χ3n) is 2.01. The monoisotopic (exact) mass is 211 g/mol. The van der Waals surface area contributed by atoms with Crippen molar-refractivity contribution in [3.8, 4) is 6.07 Å². The molecule has 1 atom stereocenters.